The van der Waals surface area contributed by atoms with Gasteiger partial charge in [-0.3, -0.25) is 0 Å². The second kappa shape index (κ2) is 8.52. The molecule has 0 aromatic heterocycles. The average molecular weight is 306 g/mol. The van der Waals surface area contributed by atoms with Crippen LogP contribution in [0, 0.1) is 0 Å². The molecule has 0 N–H and O–H groups in total. The number of rotatable bonds is 11. The summed E-state index contributed by atoms with van der Waals surface area (Å²) in [5.74, 6) is 0. The quantitative estimate of drug-likeness (QED) is 0.250. The van der Waals surface area contributed by atoms with Crippen molar-refractivity contribution in [3.05, 3.63) is 0 Å². The molecule has 0 aromatic rings. The SMILES string of the molecule is CCCCOC1([As](CCCC)CCCC)OO1. The number of unbranched alkanes of at least 4 members (excludes halogenated alkanes) is 3. The Morgan fingerprint density at radius 3 is 1.82 bits per heavy atom. The Bertz CT molecular complexity index is 187. The van der Waals surface area contributed by atoms with Crippen LogP contribution in [0.1, 0.15) is 59.3 Å². The van der Waals surface area contributed by atoms with Crippen LogP contribution in [0.5, 0.6) is 0 Å². The molecule has 1 aliphatic heterocycles. The average Bonchev–Trinajstić information content (AvgIpc) is 3.11. The molecule has 0 unspecified atom stereocenters. The topological polar surface area (TPSA) is 34.3 Å². The molecule has 0 bridgehead atoms. The van der Waals surface area contributed by atoms with Crippen molar-refractivity contribution in [3.63, 3.8) is 0 Å². The van der Waals surface area contributed by atoms with Crippen LogP contribution < -0.4 is 0 Å². The summed E-state index contributed by atoms with van der Waals surface area (Å²) in [6.07, 6.45) is 7.33. The van der Waals surface area contributed by atoms with Gasteiger partial charge in [0, 0.05) is 0 Å². The molecular formula is C13H27AsO3. The van der Waals surface area contributed by atoms with Gasteiger partial charge in [0.15, 0.2) is 0 Å². The normalized spacial score (nSPS) is 17.6. The van der Waals surface area contributed by atoms with E-state index in [1.165, 1.54) is 36.1 Å². The van der Waals surface area contributed by atoms with Crippen molar-refractivity contribution >= 4 is 14.7 Å². The molecule has 0 atom stereocenters. The molecule has 0 amide bonds. The number of ether oxygens (including phenoxy) is 1. The third kappa shape index (κ3) is 5.30. The molecule has 0 spiro atoms. The fraction of sp³-hybridized carbons (Fsp3) is 1.00. The molecule has 0 aliphatic carbocycles. The second-order valence-electron chi connectivity index (χ2n) is 4.59. The Morgan fingerprint density at radius 1 is 0.882 bits per heavy atom. The summed E-state index contributed by atoms with van der Waals surface area (Å²) in [5.41, 5.74) is 0. The zero-order valence-corrected chi connectivity index (χ0v) is 13.4. The summed E-state index contributed by atoms with van der Waals surface area (Å²) >= 11 is -1.15. The van der Waals surface area contributed by atoms with Crippen LogP contribution in [-0.2, 0) is 14.5 Å². The third-order valence-corrected chi connectivity index (χ3v) is 8.76. The minimum atomic E-state index is -1.15. The Hall–Kier alpha value is 0.438. The van der Waals surface area contributed by atoms with Crippen molar-refractivity contribution in [1.82, 2.24) is 0 Å². The van der Waals surface area contributed by atoms with Gasteiger partial charge in [0.1, 0.15) is 0 Å². The van der Waals surface area contributed by atoms with Crippen LogP contribution in [0.2, 0.25) is 10.4 Å². The van der Waals surface area contributed by atoms with E-state index in [1.807, 2.05) is 0 Å². The first-order valence-electron chi connectivity index (χ1n) is 7.05. The van der Waals surface area contributed by atoms with E-state index in [4.69, 9.17) is 14.5 Å². The minimum absolute atomic E-state index is 0.535. The van der Waals surface area contributed by atoms with Crippen LogP contribution >= 0.6 is 0 Å². The molecule has 1 aliphatic rings. The maximum absolute atomic E-state index is 5.86. The van der Waals surface area contributed by atoms with Gasteiger partial charge in [-0.05, 0) is 0 Å². The molecule has 1 heterocycles. The fourth-order valence-electron chi connectivity index (χ4n) is 1.71. The fourth-order valence-corrected chi connectivity index (χ4v) is 7.35. The molecular weight excluding hydrogens is 279 g/mol. The zero-order chi connectivity index (χ0) is 12.6. The summed E-state index contributed by atoms with van der Waals surface area (Å²) in [6, 6.07) is 0. The van der Waals surface area contributed by atoms with Gasteiger partial charge in [0.2, 0.25) is 0 Å². The van der Waals surface area contributed by atoms with Gasteiger partial charge in [-0.25, -0.2) is 0 Å². The Kier molecular flexibility index (Phi) is 7.77. The van der Waals surface area contributed by atoms with E-state index in [0.29, 0.717) is 0 Å². The van der Waals surface area contributed by atoms with Crippen molar-refractivity contribution in [2.75, 3.05) is 6.61 Å². The van der Waals surface area contributed by atoms with Crippen molar-refractivity contribution in [2.24, 2.45) is 0 Å². The third-order valence-electron chi connectivity index (χ3n) is 2.96. The van der Waals surface area contributed by atoms with E-state index in [9.17, 15) is 0 Å². The van der Waals surface area contributed by atoms with Crippen LogP contribution in [-0.4, -0.2) is 26.0 Å². The molecule has 0 aromatic carbocycles. The van der Waals surface area contributed by atoms with E-state index in [0.717, 1.165) is 19.4 Å². The van der Waals surface area contributed by atoms with E-state index >= 15 is 0 Å². The van der Waals surface area contributed by atoms with Crippen molar-refractivity contribution in [3.8, 4) is 0 Å². The number of hydrogen-bond donors (Lipinski definition) is 0. The van der Waals surface area contributed by atoms with Crippen LogP contribution in [0.25, 0.3) is 0 Å². The number of hydrogen-bond acceptors (Lipinski definition) is 3. The molecule has 1 fully saturated rings. The first-order valence-corrected chi connectivity index (χ1v) is 10.6. The zero-order valence-electron chi connectivity index (χ0n) is 11.5. The summed E-state index contributed by atoms with van der Waals surface area (Å²) in [7, 11) is 0. The van der Waals surface area contributed by atoms with Gasteiger partial charge >= 0.3 is 110 Å². The van der Waals surface area contributed by atoms with Crippen molar-refractivity contribution in [2.45, 2.75) is 74.5 Å². The first kappa shape index (κ1) is 15.5. The van der Waals surface area contributed by atoms with Gasteiger partial charge in [-0.2, -0.15) is 0 Å². The Morgan fingerprint density at radius 2 is 1.41 bits per heavy atom. The van der Waals surface area contributed by atoms with Crippen LogP contribution in [0.4, 0.5) is 0 Å². The molecule has 1 rings (SSSR count). The van der Waals surface area contributed by atoms with Crippen LogP contribution in [0.3, 0.4) is 0 Å². The Labute approximate surface area is 110 Å². The summed E-state index contributed by atoms with van der Waals surface area (Å²) in [5, 5.41) is 2.57. The molecule has 0 radical (unpaired) electrons. The standard InChI is InChI=1S/C13H27AsO3/c1-4-7-10-14(11-8-5-2)13(16-17-13)15-12-9-6-3/h4-12H2,1-3H3. The van der Waals surface area contributed by atoms with E-state index in [-0.39, 0.29) is 0 Å². The van der Waals surface area contributed by atoms with E-state index in [2.05, 4.69) is 20.8 Å². The summed E-state index contributed by atoms with van der Waals surface area (Å²) < 4.78 is 5.32. The summed E-state index contributed by atoms with van der Waals surface area (Å²) in [6.45, 7) is 7.44. The summed E-state index contributed by atoms with van der Waals surface area (Å²) in [4.78, 5) is 10.5. The van der Waals surface area contributed by atoms with Gasteiger partial charge in [0.05, 0.1) is 0 Å². The Balaban J connectivity index is 2.37. The van der Waals surface area contributed by atoms with Crippen molar-refractivity contribution in [1.29, 1.82) is 0 Å². The molecule has 0 saturated carbocycles. The molecule has 4 heteroatoms. The predicted octanol–water partition coefficient (Wildman–Crippen LogP) is 4.05. The van der Waals surface area contributed by atoms with E-state index < -0.39 is 19.4 Å². The van der Waals surface area contributed by atoms with E-state index in [1.54, 1.807) is 0 Å². The van der Waals surface area contributed by atoms with Gasteiger partial charge < -0.3 is 0 Å². The first-order chi connectivity index (χ1) is 8.29. The monoisotopic (exact) mass is 306 g/mol. The van der Waals surface area contributed by atoms with Gasteiger partial charge in [-0.15, -0.1) is 0 Å². The van der Waals surface area contributed by atoms with Crippen molar-refractivity contribution < 1.29 is 14.5 Å². The predicted molar refractivity (Wildman–Crippen MR) is 70.9 cm³/mol. The molecule has 17 heavy (non-hydrogen) atoms. The molecule has 1 saturated heterocycles. The molecule has 102 valence electrons. The van der Waals surface area contributed by atoms with Crippen LogP contribution in [0.15, 0.2) is 0 Å². The second-order valence-corrected chi connectivity index (χ2v) is 9.88. The maximum atomic E-state index is 5.86. The van der Waals surface area contributed by atoms with Gasteiger partial charge in [0.25, 0.3) is 0 Å². The molecule has 3 nitrogen and oxygen atoms in total. The van der Waals surface area contributed by atoms with Gasteiger partial charge in [-0.1, -0.05) is 0 Å².